The zero-order valence-corrected chi connectivity index (χ0v) is 11.8. The minimum atomic E-state index is -0.282. The van der Waals surface area contributed by atoms with Crippen molar-refractivity contribution in [1.29, 1.82) is 0 Å². The molecule has 1 aromatic heterocycles. The van der Waals surface area contributed by atoms with Gasteiger partial charge in [0.15, 0.2) is 0 Å². The lowest BCUT2D eigenvalue weighted by Gasteiger charge is -2.32. The van der Waals surface area contributed by atoms with Crippen LogP contribution in [0.25, 0.3) is 0 Å². The molecular weight excluding hydrogens is 253 g/mol. The van der Waals surface area contributed by atoms with Crippen molar-refractivity contribution in [2.45, 2.75) is 31.7 Å². The van der Waals surface area contributed by atoms with E-state index in [4.69, 9.17) is 11.5 Å². The number of nitrogens with two attached hydrogens (primary N) is 2. The average molecular weight is 273 g/mol. The Labute approximate surface area is 118 Å². The first-order valence-electron chi connectivity index (χ1n) is 6.61. The monoisotopic (exact) mass is 273 g/mol. The van der Waals surface area contributed by atoms with Gasteiger partial charge in [0.25, 0.3) is 0 Å². The van der Waals surface area contributed by atoms with E-state index in [0.29, 0.717) is 12.1 Å². The third-order valence-electron chi connectivity index (χ3n) is 3.90. The topological polar surface area (TPSA) is 64.9 Å². The van der Waals surface area contributed by atoms with E-state index in [1.54, 1.807) is 30.6 Å². The van der Waals surface area contributed by atoms with E-state index in [-0.39, 0.29) is 17.3 Å². The highest BCUT2D eigenvalue weighted by molar-refractivity contribution is 5.45. The molecule has 1 aromatic carbocycles. The Morgan fingerprint density at radius 1 is 1.20 bits per heavy atom. The van der Waals surface area contributed by atoms with Gasteiger partial charge in [-0.05, 0) is 35.7 Å². The van der Waals surface area contributed by atoms with E-state index in [0.717, 1.165) is 11.1 Å². The highest BCUT2D eigenvalue weighted by Crippen LogP contribution is 2.28. The quantitative estimate of drug-likeness (QED) is 0.900. The number of halogens is 1. The molecule has 0 bridgehead atoms. The Morgan fingerprint density at radius 2 is 1.85 bits per heavy atom. The minimum absolute atomic E-state index is 0.139. The number of hydrogen-bond donors (Lipinski definition) is 2. The van der Waals surface area contributed by atoms with Gasteiger partial charge in [-0.15, -0.1) is 0 Å². The van der Waals surface area contributed by atoms with Gasteiger partial charge >= 0.3 is 0 Å². The second-order valence-electron chi connectivity index (χ2n) is 5.61. The van der Waals surface area contributed by atoms with Gasteiger partial charge in [-0.1, -0.05) is 26.0 Å². The molecule has 0 aliphatic rings. The summed E-state index contributed by atoms with van der Waals surface area (Å²) in [5.41, 5.74) is 14.6. The summed E-state index contributed by atoms with van der Waals surface area (Å²) < 4.78 is 13.0. The average Bonchev–Trinajstić information content (AvgIpc) is 2.41. The molecule has 0 aliphatic carbocycles. The van der Waals surface area contributed by atoms with Gasteiger partial charge < -0.3 is 11.5 Å². The summed E-state index contributed by atoms with van der Waals surface area (Å²) in [6.45, 7) is 4.11. The van der Waals surface area contributed by atoms with Crippen molar-refractivity contribution in [3.8, 4) is 0 Å². The third-order valence-corrected chi connectivity index (χ3v) is 3.90. The van der Waals surface area contributed by atoms with Gasteiger partial charge in [0.2, 0.25) is 0 Å². The third kappa shape index (κ3) is 2.96. The first-order chi connectivity index (χ1) is 9.41. The molecule has 3 nitrogen and oxygen atoms in total. The molecule has 2 rings (SSSR count). The highest BCUT2D eigenvalue weighted by atomic mass is 19.1. The van der Waals surface area contributed by atoms with Crippen LogP contribution in [0.3, 0.4) is 0 Å². The molecule has 1 heterocycles. The Balaban J connectivity index is 2.21. The van der Waals surface area contributed by atoms with Crippen molar-refractivity contribution in [2.24, 2.45) is 5.73 Å². The highest BCUT2D eigenvalue weighted by Gasteiger charge is 2.29. The molecule has 0 saturated carbocycles. The van der Waals surface area contributed by atoms with Crippen LogP contribution in [0, 0.1) is 5.82 Å². The fourth-order valence-electron chi connectivity index (χ4n) is 2.19. The minimum Gasteiger partial charge on any atom is -0.398 e. The number of benzene rings is 1. The van der Waals surface area contributed by atoms with Crippen LogP contribution in [-0.4, -0.2) is 11.0 Å². The summed E-state index contributed by atoms with van der Waals surface area (Å²) in [5.74, 6) is -0.241. The van der Waals surface area contributed by atoms with E-state index in [1.165, 1.54) is 12.1 Å². The van der Waals surface area contributed by atoms with Crippen LogP contribution >= 0.6 is 0 Å². The van der Waals surface area contributed by atoms with Crippen LogP contribution in [0.15, 0.2) is 42.7 Å². The lowest BCUT2D eigenvalue weighted by molar-refractivity contribution is 0.406. The first kappa shape index (κ1) is 14.5. The predicted molar refractivity (Wildman–Crippen MR) is 79.8 cm³/mol. The van der Waals surface area contributed by atoms with E-state index >= 15 is 0 Å². The van der Waals surface area contributed by atoms with Crippen molar-refractivity contribution in [2.75, 3.05) is 5.73 Å². The summed E-state index contributed by atoms with van der Waals surface area (Å²) in [6.07, 6.45) is 4.04. The molecule has 0 aliphatic heterocycles. The van der Waals surface area contributed by atoms with Crippen LogP contribution in [0.5, 0.6) is 0 Å². The molecule has 0 amide bonds. The number of pyridine rings is 1. The van der Waals surface area contributed by atoms with Gasteiger partial charge in [0.05, 0.1) is 0 Å². The van der Waals surface area contributed by atoms with Gasteiger partial charge in [0, 0.05) is 29.5 Å². The largest absolute Gasteiger partial charge is 0.398 e. The van der Waals surface area contributed by atoms with E-state index in [1.807, 2.05) is 0 Å². The van der Waals surface area contributed by atoms with Crippen molar-refractivity contribution < 1.29 is 4.39 Å². The Hall–Kier alpha value is -1.94. The molecule has 4 heteroatoms. The van der Waals surface area contributed by atoms with Crippen molar-refractivity contribution >= 4 is 5.69 Å². The summed E-state index contributed by atoms with van der Waals surface area (Å²) in [6, 6.07) is 8.11. The molecular formula is C16H20FN3. The molecule has 106 valence electrons. The van der Waals surface area contributed by atoms with Crippen LogP contribution in [0.4, 0.5) is 10.1 Å². The molecule has 2 aromatic rings. The van der Waals surface area contributed by atoms with E-state index in [2.05, 4.69) is 18.8 Å². The normalized spacial score (nSPS) is 13.2. The van der Waals surface area contributed by atoms with Crippen molar-refractivity contribution in [3.05, 3.63) is 59.7 Å². The van der Waals surface area contributed by atoms with Gasteiger partial charge in [-0.2, -0.15) is 0 Å². The standard InChI is InChI=1S/C16H20FN3/c1-16(2,12-3-5-13(17)6-4-12)15(19)9-11-10-20-8-7-14(11)18/h3-8,10,15H,9,19H2,1-2H3,(H2,18,20). The summed E-state index contributed by atoms with van der Waals surface area (Å²) in [5, 5.41) is 0. The number of anilines is 1. The Bertz CT molecular complexity index is 579. The van der Waals surface area contributed by atoms with Crippen LogP contribution in [0.1, 0.15) is 25.0 Å². The van der Waals surface area contributed by atoms with Crippen molar-refractivity contribution in [3.63, 3.8) is 0 Å². The molecule has 1 unspecified atom stereocenters. The Kier molecular flexibility index (Phi) is 4.04. The second-order valence-corrected chi connectivity index (χ2v) is 5.61. The Morgan fingerprint density at radius 3 is 2.45 bits per heavy atom. The number of hydrogen-bond acceptors (Lipinski definition) is 3. The van der Waals surface area contributed by atoms with Crippen LogP contribution in [-0.2, 0) is 11.8 Å². The summed E-state index contributed by atoms with van der Waals surface area (Å²) in [7, 11) is 0. The zero-order chi connectivity index (χ0) is 14.8. The number of nitrogens with zero attached hydrogens (tertiary/aromatic N) is 1. The number of rotatable bonds is 4. The van der Waals surface area contributed by atoms with Gasteiger partial charge in [0.1, 0.15) is 5.82 Å². The first-order valence-corrected chi connectivity index (χ1v) is 6.61. The maximum absolute atomic E-state index is 13.0. The molecule has 1 atom stereocenters. The van der Waals surface area contributed by atoms with Crippen LogP contribution in [0.2, 0.25) is 0 Å². The van der Waals surface area contributed by atoms with E-state index in [9.17, 15) is 4.39 Å². The maximum atomic E-state index is 13.0. The van der Waals surface area contributed by atoms with Gasteiger partial charge in [-0.3, -0.25) is 4.98 Å². The zero-order valence-electron chi connectivity index (χ0n) is 11.8. The summed E-state index contributed by atoms with van der Waals surface area (Å²) >= 11 is 0. The molecule has 0 spiro atoms. The van der Waals surface area contributed by atoms with Crippen LogP contribution < -0.4 is 11.5 Å². The smallest absolute Gasteiger partial charge is 0.123 e. The van der Waals surface area contributed by atoms with Crippen molar-refractivity contribution in [1.82, 2.24) is 4.98 Å². The lowest BCUT2D eigenvalue weighted by Crippen LogP contribution is -2.42. The molecule has 20 heavy (non-hydrogen) atoms. The van der Waals surface area contributed by atoms with Gasteiger partial charge in [-0.25, -0.2) is 4.39 Å². The molecule has 0 saturated heterocycles. The predicted octanol–water partition coefficient (Wildman–Crippen LogP) is 2.65. The number of nitrogen functional groups attached to an aromatic ring is 1. The fourth-order valence-corrected chi connectivity index (χ4v) is 2.19. The molecule has 4 N–H and O–H groups in total. The second kappa shape index (κ2) is 5.59. The summed E-state index contributed by atoms with van der Waals surface area (Å²) in [4.78, 5) is 4.08. The fraction of sp³-hybridized carbons (Fsp3) is 0.312. The van der Waals surface area contributed by atoms with E-state index < -0.39 is 0 Å². The molecule has 0 fully saturated rings. The lowest BCUT2D eigenvalue weighted by atomic mass is 9.76. The SMILES string of the molecule is CC(C)(c1ccc(F)cc1)C(N)Cc1cnccc1N. The maximum Gasteiger partial charge on any atom is 0.123 e. The number of aromatic nitrogens is 1. The molecule has 0 radical (unpaired) electrons.